The Morgan fingerprint density at radius 1 is 0.435 bits per heavy atom. The van der Waals surface area contributed by atoms with Crippen molar-refractivity contribution in [1.29, 1.82) is 0 Å². The zero-order valence-corrected chi connectivity index (χ0v) is 24.5. The first-order valence-corrected chi connectivity index (χ1v) is 12.5. The lowest BCUT2D eigenvalue weighted by molar-refractivity contribution is 0.403. The van der Waals surface area contributed by atoms with Crippen molar-refractivity contribution in [1.82, 2.24) is 0 Å². The lowest BCUT2D eigenvalue weighted by Crippen LogP contribution is -1.94. The molecule has 2 rings (SSSR count). The van der Waals surface area contributed by atoms with Crippen molar-refractivity contribution in [3.05, 3.63) is 40.3 Å². The van der Waals surface area contributed by atoms with Crippen molar-refractivity contribution in [2.24, 2.45) is 0 Å². The summed E-state index contributed by atoms with van der Waals surface area (Å²) < 4.78 is 12.1. The highest BCUT2D eigenvalue weighted by Gasteiger charge is 2.25. The molecule has 2 nitrogen and oxygen atoms in total. The zero-order valence-electron chi connectivity index (χ0n) is 10.3. The first-order chi connectivity index (χ1) is 10.6. The Bertz CT molecular complexity index is 694. The molecule has 0 radical (unpaired) electrons. The van der Waals surface area contributed by atoms with Gasteiger partial charge in [-0.25, -0.2) is 0 Å². The van der Waals surface area contributed by atoms with E-state index in [9.17, 15) is 5.11 Å². The van der Waals surface area contributed by atoms with Gasteiger partial charge in [-0.05, 0) is 143 Å². The van der Waals surface area contributed by atoms with E-state index in [1.165, 1.54) is 0 Å². The fraction of sp³-hybridized carbons (Fsp3) is 0. The first kappa shape index (κ1) is 21.7. The van der Waals surface area contributed by atoms with E-state index in [1.54, 1.807) is 0 Å². The lowest BCUT2D eigenvalue weighted by Gasteiger charge is -2.18. The number of rotatable bonds is 2. The molecule has 0 aromatic heterocycles. The molecule has 1 N–H and O–H groups in total. The van der Waals surface area contributed by atoms with E-state index in [-0.39, 0.29) is 11.5 Å². The van der Waals surface area contributed by atoms with Gasteiger partial charge in [0.15, 0.2) is 17.2 Å². The van der Waals surface area contributed by atoms with Gasteiger partial charge in [0.25, 0.3) is 0 Å². The van der Waals surface area contributed by atoms with Crippen molar-refractivity contribution in [3.8, 4) is 17.2 Å². The molecule has 11 heteroatoms. The number of phenolic OH excluding ortho intramolecular Hbond substituents is 1. The summed E-state index contributed by atoms with van der Waals surface area (Å²) in [4.78, 5) is 0. The van der Waals surface area contributed by atoms with Gasteiger partial charge >= 0.3 is 0 Å². The van der Waals surface area contributed by atoms with Crippen LogP contribution in [0.4, 0.5) is 0 Å². The summed E-state index contributed by atoms with van der Waals surface area (Å²) in [6, 6.07) is 0. The molecule has 23 heavy (non-hydrogen) atoms. The van der Waals surface area contributed by atoms with E-state index < -0.39 is 0 Å². The predicted octanol–water partition coefficient (Wildman–Crippen LogP) is 10.0. The quantitative estimate of drug-likeness (QED) is 0.241. The lowest BCUT2D eigenvalue weighted by atomic mass is 10.3. The fourth-order valence-electron chi connectivity index (χ4n) is 1.47. The highest BCUT2D eigenvalue weighted by molar-refractivity contribution is 9.16. The Balaban J connectivity index is 2.71. The number of hydrogen-bond acceptors (Lipinski definition) is 2. The van der Waals surface area contributed by atoms with Gasteiger partial charge in [0.1, 0.15) is 0 Å². The molecule has 2 aromatic carbocycles. The largest absolute Gasteiger partial charge is 0.503 e. The molecule has 124 valence electrons. The first-order valence-electron chi connectivity index (χ1n) is 5.33. The highest BCUT2D eigenvalue weighted by atomic mass is 79.9. The van der Waals surface area contributed by atoms with Crippen LogP contribution in [0.5, 0.6) is 17.2 Å². The minimum absolute atomic E-state index is 0.0408. The Morgan fingerprint density at radius 2 is 0.739 bits per heavy atom. The van der Waals surface area contributed by atoms with Crippen molar-refractivity contribution in [2.75, 3.05) is 0 Å². The average Bonchev–Trinajstić information content (AvgIpc) is 2.54. The van der Waals surface area contributed by atoms with Crippen molar-refractivity contribution >= 4 is 143 Å². The van der Waals surface area contributed by atoms with Crippen LogP contribution in [-0.4, -0.2) is 5.11 Å². The summed E-state index contributed by atoms with van der Waals surface area (Å²) in [5.41, 5.74) is 0. The molecule has 0 amide bonds. The van der Waals surface area contributed by atoms with Gasteiger partial charge in [-0.2, -0.15) is 0 Å². The van der Waals surface area contributed by atoms with Crippen LogP contribution < -0.4 is 4.74 Å². The van der Waals surface area contributed by atoms with E-state index in [2.05, 4.69) is 143 Å². The van der Waals surface area contributed by atoms with Crippen LogP contribution in [0.25, 0.3) is 0 Å². The summed E-state index contributed by atoms with van der Waals surface area (Å²) in [5.74, 6) is 0.708. The van der Waals surface area contributed by atoms with Crippen LogP contribution in [0.15, 0.2) is 40.3 Å². The Labute approximate surface area is 207 Å². The van der Waals surface area contributed by atoms with E-state index in [1.807, 2.05) is 0 Å². The number of ether oxygens (including phenoxy) is 1. The van der Waals surface area contributed by atoms with Crippen LogP contribution in [0, 0.1) is 0 Å². The molecule has 0 bridgehead atoms. The number of hydrogen-bond donors (Lipinski definition) is 1. The summed E-state index contributed by atoms with van der Waals surface area (Å²) in [6.45, 7) is 0. The van der Waals surface area contributed by atoms with Crippen LogP contribution in [0.2, 0.25) is 0 Å². The Kier molecular flexibility index (Phi) is 8.08. The van der Waals surface area contributed by atoms with Crippen LogP contribution >= 0.6 is 143 Å². The van der Waals surface area contributed by atoms with E-state index in [0.717, 1.165) is 13.4 Å². The molecular formula is C12HBr9O2. The summed E-state index contributed by atoms with van der Waals surface area (Å²) in [7, 11) is 0. The SMILES string of the molecule is Oc1c(Br)c(Br)c(Br)c(Br)c1Oc1c(Br)c(Br)c(Br)c(Br)c1Br. The third kappa shape index (κ3) is 4.12. The molecule has 0 saturated heterocycles. The molecule has 0 fully saturated rings. The minimum Gasteiger partial charge on any atom is -0.503 e. The van der Waals surface area contributed by atoms with Crippen molar-refractivity contribution < 1.29 is 9.84 Å². The van der Waals surface area contributed by atoms with Gasteiger partial charge in [-0.1, -0.05) is 0 Å². The topological polar surface area (TPSA) is 29.5 Å². The Hall–Kier alpha value is 2.36. The molecule has 0 heterocycles. The average molecular weight is 896 g/mol. The van der Waals surface area contributed by atoms with Gasteiger partial charge in [-0.3, -0.25) is 0 Å². The third-order valence-electron chi connectivity index (χ3n) is 2.57. The summed E-state index contributed by atoms with van der Waals surface area (Å²) in [5, 5.41) is 10.4. The van der Waals surface area contributed by atoms with E-state index in [0.29, 0.717) is 32.6 Å². The summed E-state index contributed by atoms with van der Waals surface area (Å²) >= 11 is 31.0. The molecule has 0 aliphatic heterocycles. The molecule has 0 saturated carbocycles. The molecule has 0 unspecified atom stereocenters. The fourth-order valence-corrected chi connectivity index (χ4v) is 6.78. The number of aromatic hydroxyl groups is 1. The number of benzene rings is 2. The van der Waals surface area contributed by atoms with Gasteiger partial charge in [0.05, 0.1) is 35.8 Å². The van der Waals surface area contributed by atoms with Gasteiger partial charge in [-0.15, -0.1) is 0 Å². The van der Waals surface area contributed by atoms with Gasteiger partial charge in [0, 0.05) is 4.47 Å². The zero-order chi connectivity index (χ0) is 17.6. The second-order valence-corrected chi connectivity index (χ2v) is 11.1. The smallest absolute Gasteiger partial charge is 0.185 e. The number of phenols is 1. The minimum atomic E-state index is -0.0408. The normalized spacial score (nSPS) is 11.0. The van der Waals surface area contributed by atoms with Crippen molar-refractivity contribution in [2.45, 2.75) is 0 Å². The molecule has 0 aliphatic rings. The van der Waals surface area contributed by atoms with E-state index in [4.69, 9.17) is 4.74 Å². The Morgan fingerprint density at radius 3 is 1.17 bits per heavy atom. The highest BCUT2D eigenvalue weighted by Crippen LogP contribution is 2.55. The van der Waals surface area contributed by atoms with Crippen LogP contribution in [0.1, 0.15) is 0 Å². The standard InChI is InChI=1S/C12HBr9O2/c13-1-3(15)7(19)11(8(20)4(1)16)23-12-9(21)5(17)2(14)6(18)10(12)22/h22H. The number of halogens is 9. The monoisotopic (exact) mass is 887 g/mol. The molecule has 0 aliphatic carbocycles. The molecular weight excluding hydrogens is 895 g/mol. The van der Waals surface area contributed by atoms with Crippen LogP contribution in [0.3, 0.4) is 0 Å². The predicted molar refractivity (Wildman–Crippen MR) is 124 cm³/mol. The van der Waals surface area contributed by atoms with Gasteiger partial charge in [0.2, 0.25) is 0 Å². The summed E-state index contributed by atoms with van der Waals surface area (Å²) in [6.07, 6.45) is 0. The van der Waals surface area contributed by atoms with Gasteiger partial charge < -0.3 is 9.84 Å². The third-order valence-corrected chi connectivity index (χ3v) is 13.3. The molecule has 0 atom stereocenters. The second kappa shape index (κ2) is 8.58. The second-order valence-electron chi connectivity index (χ2n) is 3.93. The molecule has 2 aromatic rings. The van der Waals surface area contributed by atoms with E-state index >= 15 is 0 Å². The maximum absolute atomic E-state index is 10.4. The maximum Gasteiger partial charge on any atom is 0.185 e. The molecule has 0 spiro atoms. The van der Waals surface area contributed by atoms with Crippen LogP contribution in [-0.2, 0) is 0 Å². The maximum atomic E-state index is 10.4. The van der Waals surface area contributed by atoms with Crippen molar-refractivity contribution in [3.63, 3.8) is 0 Å².